The van der Waals surface area contributed by atoms with Gasteiger partial charge in [-0.1, -0.05) is 18.2 Å². The third-order valence-corrected chi connectivity index (χ3v) is 5.07. The number of aryl methyl sites for hydroxylation is 1. The number of thiophene rings is 1. The van der Waals surface area contributed by atoms with E-state index in [1.807, 2.05) is 36.1 Å². The van der Waals surface area contributed by atoms with Crippen molar-refractivity contribution >= 4 is 17.2 Å². The van der Waals surface area contributed by atoms with Crippen LogP contribution in [0, 0.1) is 6.92 Å². The maximum absolute atomic E-state index is 12.3. The number of benzene rings is 1. The van der Waals surface area contributed by atoms with E-state index in [4.69, 9.17) is 4.74 Å². The number of nitrogens with zero attached hydrogens (tertiary/aromatic N) is 1. The molecule has 0 N–H and O–H groups in total. The molecule has 2 aromatic rings. The Bertz CT molecular complexity index is 650. The van der Waals surface area contributed by atoms with Crippen LogP contribution in [-0.4, -0.2) is 24.0 Å². The molecule has 0 aliphatic carbocycles. The Morgan fingerprint density at radius 1 is 1.32 bits per heavy atom. The number of rotatable bonds is 5. The van der Waals surface area contributed by atoms with Crippen LogP contribution in [0.3, 0.4) is 0 Å². The zero-order valence-corrected chi connectivity index (χ0v) is 13.7. The number of para-hydroxylation sites is 1. The van der Waals surface area contributed by atoms with Gasteiger partial charge in [0.1, 0.15) is 5.75 Å². The molecule has 4 heteroatoms. The summed E-state index contributed by atoms with van der Waals surface area (Å²) in [6.07, 6.45) is 2.32. The monoisotopic (exact) mass is 315 g/mol. The number of fused-ring (bicyclic) bond motifs is 1. The predicted molar refractivity (Wildman–Crippen MR) is 89.3 cm³/mol. The molecule has 1 amide bonds. The Morgan fingerprint density at radius 3 is 3.05 bits per heavy atom. The van der Waals surface area contributed by atoms with Gasteiger partial charge in [0, 0.05) is 24.4 Å². The summed E-state index contributed by atoms with van der Waals surface area (Å²) < 4.78 is 5.75. The lowest BCUT2D eigenvalue weighted by Gasteiger charge is -2.27. The van der Waals surface area contributed by atoms with Crippen LogP contribution in [0.1, 0.15) is 28.8 Å². The van der Waals surface area contributed by atoms with Crippen molar-refractivity contribution in [3.8, 4) is 5.75 Å². The van der Waals surface area contributed by atoms with Gasteiger partial charge in [0.25, 0.3) is 0 Å². The fourth-order valence-corrected chi connectivity index (χ4v) is 3.63. The van der Waals surface area contributed by atoms with Gasteiger partial charge in [0.05, 0.1) is 6.61 Å². The Balaban J connectivity index is 1.43. The van der Waals surface area contributed by atoms with Gasteiger partial charge in [-0.15, -0.1) is 11.3 Å². The minimum Gasteiger partial charge on any atom is -0.493 e. The quantitative estimate of drug-likeness (QED) is 0.786. The molecule has 1 aliphatic heterocycles. The van der Waals surface area contributed by atoms with E-state index >= 15 is 0 Å². The van der Waals surface area contributed by atoms with Crippen LogP contribution in [0.5, 0.6) is 5.75 Å². The van der Waals surface area contributed by atoms with Crippen LogP contribution >= 0.6 is 11.3 Å². The molecule has 3 nitrogen and oxygen atoms in total. The van der Waals surface area contributed by atoms with Gasteiger partial charge in [-0.05, 0) is 48.4 Å². The second kappa shape index (κ2) is 6.97. The Morgan fingerprint density at radius 2 is 2.18 bits per heavy atom. The molecule has 1 aliphatic rings. The molecule has 0 saturated heterocycles. The summed E-state index contributed by atoms with van der Waals surface area (Å²) in [5.74, 6) is 1.15. The van der Waals surface area contributed by atoms with E-state index in [-0.39, 0.29) is 5.91 Å². The molecular formula is C18H21NO2S. The van der Waals surface area contributed by atoms with Crippen LogP contribution in [0.2, 0.25) is 0 Å². The average Bonchev–Trinajstić information content (AvgIpc) is 3.00. The highest BCUT2D eigenvalue weighted by Gasteiger charge is 2.20. The summed E-state index contributed by atoms with van der Waals surface area (Å²) in [4.78, 5) is 15.7. The summed E-state index contributed by atoms with van der Waals surface area (Å²) in [6.45, 7) is 4.25. The van der Waals surface area contributed by atoms with Crippen LogP contribution in [0.15, 0.2) is 35.7 Å². The van der Waals surface area contributed by atoms with Crippen molar-refractivity contribution in [2.24, 2.45) is 0 Å². The highest BCUT2D eigenvalue weighted by Crippen LogP contribution is 2.24. The Hall–Kier alpha value is -1.81. The fraction of sp³-hybridized carbons (Fsp3) is 0.389. The first-order chi connectivity index (χ1) is 10.7. The Kier molecular flexibility index (Phi) is 4.78. The maximum atomic E-state index is 12.3. The van der Waals surface area contributed by atoms with Crippen molar-refractivity contribution < 1.29 is 9.53 Å². The molecule has 0 spiro atoms. The van der Waals surface area contributed by atoms with Crippen LogP contribution < -0.4 is 4.74 Å². The van der Waals surface area contributed by atoms with E-state index in [9.17, 15) is 4.79 Å². The molecule has 0 saturated carbocycles. The average molecular weight is 315 g/mol. The zero-order valence-electron chi connectivity index (χ0n) is 12.9. The van der Waals surface area contributed by atoms with Gasteiger partial charge >= 0.3 is 0 Å². The van der Waals surface area contributed by atoms with E-state index < -0.39 is 0 Å². The van der Waals surface area contributed by atoms with Gasteiger partial charge in [-0.3, -0.25) is 4.79 Å². The second-order valence-corrected chi connectivity index (χ2v) is 6.65. The van der Waals surface area contributed by atoms with E-state index in [0.717, 1.165) is 37.2 Å². The summed E-state index contributed by atoms with van der Waals surface area (Å²) in [5, 5.41) is 2.12. The highest BCUT2D eigenvalue weighted by molar-refractivity contribution is 7.10. The highest BCUT2D eigenvalue weighted by atomic mass is 32.1. The molecule has 0 radical (unpaired) electrons. The van der Waals surface area contributed by atoms with Crippen LogP contribution in [-0.2, 0) is 17.8 Å². The van der Waals surface area contributed by atoms with E-state index in [0.29, 0.717) is 13.0 Å². The standard InChI is InChI=1S/C18H21NO2S/c1-14-5-2-3-6-16(14)21-11-4-7-18(20)19-10-8-17-15(13-19)9-12-22-17/h2-3,5-6,9,12H,4,7-8,10-11,13H2,1H3. The predicted octanol–water partition coefficient (Wildman–Crippen LogP) is 3.80. The van der Waals surface area contributed by atoms with Crippen molar-refractivity contribution in [2.45, 2.75) is 32.7 Å². The molecule has 0 atom stereocenters. The number of amides is 1. The first-order valence-electron chi connectivity index (χ1n) is 7.75. The molecule has 0 bridgehead atoms. The lowest BCUT2D eigenvalue weighted by Crippen LogP contribution is -2.35. The van der Waals surface area contributed by atoms with Crippen molar-refractivity contribution in [1.82, 2.24) is 4.90 Å². The van der Waals surface area contributed by atoms with Crippen molar-refractivity contribution in [3.63, 3.8) is 0 Å². The number of carbonyl (C=O) groups excluding carboxylic acids is 1. The third kappa shape index (κ3) is 3.50. The molecule has 116 valence electrons. The van der Waals surface area contributed by atoms with Crippen molar-refractivity contribution in [2.75, 3.05) is 13.2 Å². The summed E-state index contributed by atoms with van der Waals surface area (Å²) in [7, 11) is 0. The fourth-order valence-electron chi connectivity index (χ4n) is 2.74. The van der Waals surface area contributed by atoms with Crippen molar-refractivity contribution in [3.05, 3.63) is 51.7 Å². The lowest BCUT2D eigenvalue weighted by molar-refractivity contribution is -0.132. The molecule has 1 aromatic heterocycles. The SMILES string of the molecule is Cc1ccccc1OCCCC(=O)N1CCc2sccc2C1. The number of hydrogen-bond donors (Lipinski definition) is 0. The third-order valence-electron chi connectivity index (χ3n) is 4.05. The minimum atomic E-state index is 0.241. The van der Waals surface area contributed by atoms with Crippen LogP contribution in [0.4, 0.5) is 0 Å². The molecule has 1 aromatic carbocycles. The lowest BCUT2D eigenvalue weighted by atomic mass is 10.1. The van der Waals surface area contributed by atoms with Gasteiger partial charge in [-0.2, -0.15) is 0 Å². The minimum absolute atomic E-state index is 0.241. The Labute approximate surface area is 135 Å². The zero-order chi connectivity index (χ0) is 15.4. The van der Waals surface area contributed by atoms with Gasteiger partial charge < -0.3 is 9.64 Å². The van der Waals surface area contributed by atoms with Crippen molar-refractivity contribution in [1.29, 1.82) is 0 Å². The van der Waals surface area contributed by atoms with E-state index in [1.165, 1.54) is 10.4 Å². The first-order valence-corrected chi connectivity index (χ1v) is 8.63. The molecule has 3 rings (SSSR count). The molecule has 0 unspecified atom stereocenters. The van der Waals surface area contributed by atoms with Crippen LogP contribution in [0.25, 0.3) is 0 Å². The normalized spacial score (nSPS) is 13.8. The van der Waals surface area contributed by atoms with Gasteiger partial charge in [-0.25, -0.2) is 0 Å². The summed E-state index contributed by atoms with van der Waals surface area (Å²) >= 11 is 1.80. The number of hydrogen-bond acceptors (Lipinski definition) is 3. The molecular weight excluding hydrogens is 294 g/mol. The van der Waals surface area contributed by atoms with Gasteiger partial charge in [0.15, 0.2) is 0 Å². The molecule has 0 fully saturated rings. The largest absolute Gasteiger partial charge is 0.493 e. The first kappa shape index (κ1) is 15.1. The van der Waals surface area contributed by atoms with Gasteiger partial charge in [0.2, 0.25) is 5.91 Å². The molecule has 22 heavy (non-hydrogen) atoms. The van der Waals surface area contributed by atoms with E-state index in [2.05, 4.69) is 11.4 Å². The topological polar surface area (TPSA) is 29.5 Å². The maximum Gasteiger partial charge on any atom is 0.223 e. The smallest absolute Gasteiger partial charge is 0.223 e. The molecule has 2 heterocycles. The summed E-state index contributed by atoms with van der Waals surface area (Å²) in [6, 6.07) is 10.1. The number of ether oxygens (including phenoxy) is 1. The van der Waals surface area contributed by atoms with E-state index in [1.54, 1.807) is 11.3 Å². The summed E-state index contributed by atoms with van der Waals surface area (Å²) in [5.41, 5.74) is 2.45. The second-order valence-electron chi connectivity index (χ2n) is 5.65. The number of carbonyl (C=O) groups is 1.